The van der Waals surface area contributed by atoms with Crippen molar-refractivity contribution in [2.45, 2.75) is 51.1 Å². The number of sulfonamides is 1. The smallest absolute Gasteiger partial charge is 0.243 e. The summed E-state index contributed by atoms with van der Waals surface area (Å²) < 4.78 is 27.7. The Morgan fingerprint density at radius 1 is 0.944 bits per heavy atom. The standard InChI is InChI=1S/C28H35N3O4S/c1-5-17-29-28(33)26(6-2)31(19-22-13-11-21(3)12-14-22)27(32)20-30(4)36(34,35)25-16-15-23-9-7-8-10-24(23)18-25/h7-16,18,26H,5-6,17,19-20H2,1-4H3,(H,29,33)/t26-/m0/s1. The van der Waals surface area contributed by atoms with E-state index in [2.05, 4.69) is 5.32 Å². The van der Waals surface area contributed by atoms with Crippen LogP contribution in [0.2, 0.25) is 0 Å². The van der Waals surface area contributed by atoms with E-state index in [1.807, 2.05) is 69.3 Å². The second-order valence-corrected chi connectivity index (χ2v) is 11.0. The van der Waals surface area contributed by atoms with Crippen molar-refractivity contribution >= 4 is 32.6 Å². The van der Waals surface area contributed by atoms with Crippen molar-refractivity contribution in [1.29, 1.82) is 0 Å². The van der Waals surface area contributed by atoms with E-state index < -0.39 is 22.0 Å². The first-order valence-corrected chi connectivity index (χ1v) is 13.7. The zero-order chi connectivity index (χ0) is 26.3. The zero-order valence-corrected chi connectivity index (χ0v) is 22.2. The van der Waals surface area contributed by atoms with Crippen molar-refractivity contribution in [2.24, 2.45) is 0 Å². The Morgan fingerprint density at radius 2 is 1.61 bits per heavy atom. The van der Waals surface area contributed by atoms with Gasteiger partial charge in [0.25, 0.3) is 0 Å². The number of hydrogen-bond donors (Lipinski definition) is 1. The summed E-state index contributed by atoms with van der Waals surface area (Å²) >= 11 is 0. The minimum Gasteiger partial charge on any atom is -0.354 e. The molecule has 0 spiro atoms. The lowest BCUT2D eigenvalue weighted by Gasteiger charge is -2.32. The van der Waals surface area contributed by atoms with Gasteiger partial charge in [-0.15, -0.1) is 0 Å². The number of hydrogen-bond acceptors (Lipinski definition) is 4. The second-order valence-electron chi connectivity index (χ2n) is 8.99. The van der Waals surface area contributed by atoms with Crippen molar-refractivity contribution in [3.05, 3.63) is 77.9 Å². The number of rotatable bonds is 11. The lowest BCUT2D eigenvalue weighted by atomic mass is 10.1. The monoisotopic (exact) mass is 509 g/mol. The van der Waals surface area contributed by atoms with Crippen LogP contribution in [0.25, 0.3) is 10.8 Å². The molecule has 192 valence electrons. The van der Waals surface area contributed by atoms with Gasteiger partial charge in [0.15, 0.2) is 0 Å². The number of carbonyl (C=O) groups is 2. The van der Waals surface area contributed by atoms with Gasteiger partial charge in [-0.25, -0.2) is 8.42 Å². The van der Waals surface area contributed by atoms with Gasteiger partial charge in [-0.2, -0.15) is 4.31 Å². The summed E-state index contributed by atoms with van der Waals surface area (Å²) in [6.45, 7) is 6.13. The van der Waals surface area contributed by atoms with Gasteiger partial charge < -0.3 is 10.2 Å². The highest BCUT2D eigenvalue weighted by Gasteiger charge is 2.31. The normalized spacial score (nSPS) is 12.5. The van der Waals surface area contributed by atoms with Crippen LogP contribution in [0.5, 0.6) is 0 Å². The first kappa shape index (κ1) is 27.4. The molecule has 0 fully saturated rings. The molecule has 1 atom stereocenters. The third-order valence-electron chi connectivity index (χ3n) is 6.20. The molecule has 3 rings (SSSR count). The van der Waals surface area contributed by atoms with E-state index >= 15 is 0 Å². The predicted octanol–water partition coefficient (Wildman–Crippen LogP) is 4.10. The Bertz CT molecular complexity index is 1310. The number of carbonyl (C=O) groups excluding carboxylic acids is 2. The van der Waals surface area contributed by atoms with Gasteiger partial charge in [0, 0.05) is 20.1 Å². The van der Waals surface area contributed by atoms with Crippen LogP contribution in [0.1, 0.15) is 37.8 Å². The summed E-state index contributed by atoms with van der Waals surface area (Å²) in [5.41, 5.74) is 1.96. The van der Waals surface area contributed by atoms with Crippen molar-refractivity contribution in [3.63, 3.8) is 0 Å². The summed E-state index contributed by atoms with van der Waals surface area (Å²) in [6.07, 6.45) is 1.19. The molecule has 0 aliphatic heterocycles. The van der Waals surface area contributed by atoms with Crippen molar-refractivity contribution < 1.29 is 18.0 Å². The van der Waals surface area contributed by atoms with Crippen LogP contribution in [0.4, 0.5) is 0 Å². The average Bonchev–Trinajstić information content (AvgIpc) is 2.87. The summed E-state index contributed by atoms with van der Waals surface area (Å²) in [4.78, 5) is 28.1. The van der Waals surface area contributed by atoms with Gasteiger partial charge >= 0.3 is 0 Å². The summed E-state index contributed by atoms with van der Waals surface area (Å²) in [7, 11) is -2.53. The first-order valence-electron chi connectivity index (χ1n) is 12.2. The maximum Gasteiger partial charge on any atom is 0.243 e. The maximum absolute atomic E-state index is 13.5. The molecule has 8 heteroatoms. The van der Waals surface area contributed by atoms with Crippen LogP contribution in [-0.2, 0) is 26.2 Å². The lowest BCUT2D eigenvalue weighted by Crippen LogP contribution is -2.51. The molecule has 0 radical (unpaired) electrons. The van der Waals surface area contributed by atoms with E-state index in [9.17, 15) is 18.0 Å². The van der Waals surface area contributed by atoms with Gasteiger partial charge in [-0.05, 0) is 48.2 Å². The molecular weight excluding hydrogens is 474 g/mol. The highest BCUT2D eigenvalue weighted by Crippen LogP contribution is 2.22. The van der Waals surface area contributed by atoms with E-state index in [-0.39, 0.29) is 23.9 Å². The Morgan fingerprint density at radius 3 is 2.25 bits per heavy atom. The Kier molecular flexibility index (Phi) is 9.23. The highest BCUT2D eigenvalue weighted by atomic mass is 32.2. The quantitative estimate of drug-likeness (QED) is 0.422. The first-order chi connectivity index (χ1) is 17.2. The zero-order valence-electron chi connectivity index (χ0n) is 21.4. The van der Waals surface area contributed by atoms with E-state index in [1.54, 1.807) is 18.2 Å². The molecule has 0 saturated carbocycles. The van der Waals surface area contributed by atoms with Gasteiger partial charge in [0.1, 0.15) is 6.04 Å². The number of fused-ring (bicyclic) bond motifs is 1. The van der Waals surface area contributed by atoms with Crippen LogP contribution in [0.3, 0.4) is 0 Å². The van der Waals surface area contributed by atoms with Gasteiger partial charge in [0.2, 0.25) is 21.8 Å². The van der Waals surface area contributed by atoms with E-state index in [0.717, 1.165) is 32.6 Å². The Balaban J connectivity index is 1.86. The minimum absolute atomic E-state index is 0.120. The molecule has 0 aromatic heterocycles. The number of aryl methyl sites for hydroxylation is 1. The fourth-order valence-corrected chi connectivity index (χ4v) is 5.21. The average molecular weight is 510 g/mol. The molecule has 0 aliphatic carbocycles. The van der Waals surface area contributed by atoms with Crippen LogP contribution < -0.4 is 5.32 Å². The SMILES string of the molecule is CCCNC(=O)[C@H](CC)N(Cc1ccc(C)cc1)C(=O)CN(C)S(=O)(=O)c1ccc2ccccc2c1. The molecule has 2 amide bonds. The summed E-state index contributed by atoms with van der Waals surface area (Å²) in [6, 6.07) is 19.5. The minimum atomic E-state index is -3.92. The third-order valence-corrected chi connectivity index (χ3v) is 8.00. The Labute approximate surface area is 214 Å². The van der Waals surface area contributed by atoms with Gasteiger partial charge in [0.05, 0.1) is 11.4 Å². The number of amides is 2. The van der Waals surface area contributed by atoms with E-state index in [0.29, 0.717) is 13.0 Å². The van der Waals surface area contributed by atoms with Crippen LogP contribution in [0, 0.1) is 6.92 Å². The molecule has 3 aromatic rings. The fourth-order valence-electron chi connectivity index (χ4n) is 4.05. The summed E-state index contributed by atoms with van der Waals surface area (Å²) in [5, 5.41) is 4.61. The van der Waals surface area contributed by atoms with Gasteiger partial charge in [-0.1, -0.05) is 74.0 Å². The van der Waals surface area contributed by atoms with E-state index in [1.165, 1.54) is 11.9 Å². The molecule has 0 saturated heterocycles. The maximum atomic E-state index is 13.5. The topological polar surface area (TPSA) is 86.8 Å². The largest absolute Gasteiger partial charge is 0.354 e. The van der Waals surface area contributed by atoms with Crippen molar-refractivity contribution in [1.82, 2.24) is 14.5 Å². The number of nitrogens with zero attached hydrogens (tertiary/aromatic N) is 2. The van der Waals surface area contributed by atoms with Crippen LogP contribution >= 0.6 is 0 Å². The van der Waals surface area contributed by atoms with Crippen molar-refractivity contribution in [2.75, 3.05) is 20.1 Å². The number of nitrogens with one attached hydrogen (secondary N) is 1. The molecule has 1 N–H and O–H groups in total. The van der Waals surface area contributed by atoms with E-state index in [4.69, 9.17) is 0 Å². The predicted molar refractivity (Wildman–Crippen MR) is 143 cm³/mol. The van der Waals surface area contributed by atoms with Crippen molar-refractivity contribution in [3.8, 4) is 0 Å². The third kappa shape index (κ3) is 6.50. The number of benzene rings is 3. The molecule has 36 heavy (non-hydrogen) atoms. The Hall–Kier alpha value is -3.23. The fraction of sp³-hybridized carbons (Fsp3) is 0.357. The second kappa shape index (κ2) is 12.1. The molecule has 3 aromatic carbocycles. The molecule has 0 aliphatic rings. The molecule has 0 unspecified atom stereocenters. The molecule has 7 nitrogen and oxygen atoms in total. The molecule has 0 heterocycles. The number of likely N-dealkylation sites (N-methyl/N-ethyl adjacent to an activating group) is 1. The van der Waals surface area contributed by atoms with Crippen LogP contribution in [0.15, 0.2) is 71.6 Å². The van der Waals surface area contributed by atoms with Gasteiger partial charge in [-0.3, -0.25) is 9.59 Å². The molecule has 0 bridgehead atoms. The van der Waals surface area contributed by atoms with Crippen LogP contribution in [-0.4, -0.2) is 55.6 Å². The summed E-state index contributed by atoms with van der Waals surface area (Å²) in [5.74, 6) is -0.666. The lowest BCUT2D eigenvalue weighted by molar-refractivity contribution is -0.141. The molecular formula is C28H35N3O4S. The highest BCUT2D eigenvalue weighted by molar-refractivity contribution is 7.89.